The molecule has 1 heteroatoms. The number of hydrogen-bond acceptors (Lipinski definition) is 1. The minimum absolute atomic E-state index is 0.258. The van der Waals surface area contributed by atoms with Crippen molar-refractivity contribution in [3.63, 3.8) is 0 Å². The fourth-order valence-electron chi connectivity index (χ4n) is 5.73. The molecule has 0 aromatic heterocycles. The molecule has 1 heterocycles. The summed E-state index contributed by atoms with van der Waals surface area (Å²) in [6.45, 7) is 1.07. The molecular formula is C31H27N. The highest BCUT2D eigenvalue weighted by atomic mass is 15.0. The van der Waals surface area contributed by atoms with E-state index in [1.807, 2.05) is 0 Å². The monoisotopic (exact) mass is 413 g/mol. The van der Waals surface area contributed by atoms with E-state index >= 15 is 0 Å². The molecule has 0 bridgehead atoms. The van der Waals surface area contributed by atoms with Gasteiger partial charge in [0, 0.05) is 6.04 Å². The minimum Gasteiger partial charge on any atom is -0.312 e. The van der Waals surface area contributed by atoms with Gasteiger partial charge in [-0.3, -0.25) is 0 Å². The van der Waals surface area contributed by atoms with Crippen molar-refractivity contribution in [3.05, 3.63) is 132 Å². The molecule has 1 nitrogen and oxygen atoms in total. The van der Waals surface area contributed by atoms with Gasteiger partial charge in [0.05, 0.1) is 5.41 Å². The molecule has 1 N–H and O–H groups in total. The van der Waals surface area contributed by atoms with Crippen LogP contribution in [0.3, 0.4) is 0 Å². The zero-order valence-corrected chi connectivity index (χ0v) is 18.2. The Morgan fingerprint density at radius 1 is 0.531 bits per heavy atom. The Bertz CT molecular complexity index is 1300. The van der Waals surface area contributed by atoms with Crippen LogP contribution in [0.15, 0.2) is 115 Å². The third-order valence-corrected chi connectivity index (χ3v) is 7.22. The first-order chi connectivity index (χ1) is 15.9. The van der Waals surface area contributed by atoms with Crippen LogP contribution in [-0.4, -0.2) is 12.6 Å². The summed E-state index contributed by atoms with van der Waals surface area (Å²) in [4.78, 5) is 0. The van der Waals surface area contributed by atoms with Gasteiger partial charge in [0.15, 0.2) is 0 Å². The Morgan fingerprint density at radius 3 is 1.59 bits per heavy atom. The Kier molecular flexibility index (Phi) is 4.78. The first-order valence-electron chi connectivity index (χ1n) is 11.6. The predicted molar refractivity (Wildman–Crippen MR) is 135 cm³/mol. The maximum Gasteiger partial charge on any atom is 0.0604 e. The third-order valence-electron chi connectivity index (χ3n) is 7.22. The van der Waals surface area contributed by atoms with Gasteiger partial charge < -0.3 is 5.32 Å². The van der Waals surface area contributed by atoms with Crippen LogP contribution in [0.2, 0.25) is 0 Å². The van der Waals surface area contributed by atoms with Gasteiger partial charge in [0.25, 0.3) is 0 Å². The lowest BCUT2D eigenvalue weighted by atomic mass is 9.64. The van der Waals surface area contributed by atoms with E-state index in [0.29, 0.717) is 6.04 Å². The Labute approximate surface area is 189 Å². The van der Waals surface area contributed by atoms with E-state index in [9.17, 15) is 0 Å². The van der Waals surface area contributed by atoms with Gasteiger partial charge in [-0.1, -0.05) is 103 Å². The van der Waals surface area contributed by atoms with E-state index < -0.39 is 0 Å². The quantitative estimate of drug-likeness (QED) is 0.310. The van der Waals surface area contributed by atoms with Crippen molar-refractivity contribution in [1.29, 1.82) is 0 Å². The molecule has 1 aliphatic rings. The lowest BCUT2D eigenvalue weighted by Gasteiger charge is -2.41. The number of hydrogen-bond donors (Lipinski definition) is 1. The summed E-state index contributed by atoms with van der Waals surface area (Å²) in [6.07, 6.45) is 2.37. The molecule has 156 valence electrons. The van der Waals surface area contributed by atoms with Crippen molar-refractivity contribution in [2.24, 2.45) is 0 Å². The lowest BCUT2D eigenvalue weighted by Crippen LogP contribution is -2.47. The smallest absolute Gasteiger partial charge is 0.0604 e. The highest BCUT2D eigenvalue weighted by Gasteiger charge is 2.44. The lowest BCUT2D eigenvalue weighted by molar-refractivity contribution is 0.436. The molecule has 0 radical (unpaired) electrons. The normalized spacial score (nSPS) is 16.6. The van der Waals surface area contributed by atoms with Gasteiger partial charge in [-0.05, 0) is 69.8 Å². The molecule has 5 aromatic carbocycles. The molecule has 0 saturated carbocycles. The molecule has 0 spiro atoms. The second-order valence-corrected chi connectivity index (χ2v) is 8.95. The van der Waals surface area contributed by atoms with E-state index in [0.717, 1.165) is 13.0 Å². The van der Waals surface area contributed by atoms with E-state index in [1.54, 1.807) is 0 Å². The SMILES string of the molecule is c1ccc(C(c2ccc3ccccc3c2)(c2ccc3ccccc3c2)C2CCCN2)cc1. The molecule has 1 aliphatic heterocycles. The van der Waals surface area contributed by atoms with Crippen molar-refractivity contribution >= 4 is 21.5 Å². The molecule has 1 fully saturated rings. The molecule has 1 unspecified atom stereocenters. The van der Waals surface area contributed by atoms with Crippen LogP contribution < -0.4 is 5.32 Å². The first-order valence-corrected chi connectivity index (χ1v) is 11.6. The van der Waals surface area contributed by atoms with Crippen molar-refractivity contribution in [2.45, 2.75) is 24.3 Å². The van der Waals surface area contributed by atoms with E-state index in [-0.39, 0.29) is 5.41 Å². The van der Waals surface area contributed by atoms with Crippen LogP contribution in [0.4, 0.5) is 0 Å². The van der Waals surface area contributed by atoms with Crippen molar-refractivity contribution < 1.29 is 0 Å². The van der Waals surface area contributed by atoms with Gasteiger partial charge in [-0.15, -0.1) is 0 Å². The second-order valence-electron chi connectivity index (χ2n) is 8.95. The Hall–Kier alpha value is -3.42. The van der Waals surface area contributed by atoms with Gasteiger partial charge in [0.2, 0.25) is 0 Å². The van der Waals surface area contributed by atoms with Crippen LogP contribution >= 0.6 is 0 Å². The highest BCUT2D eigenvalue weighted by molar-refractivity contribution is 5.86. The van der Waals surface area contributed by atoms with Crippen LogP contribution in [0, 0.1) is 0 Å². The van der Waals surface area contributed by atoms with Gasteiger partial charge in [-0.25, -0.2) is 0 Å². The summed E-state index contributed by atoms with van der Waals surface area (Å²) in [6, 6.07) is 42.9. The molecule has 0 aliphatic carbocycles. The standard InChI is InChI=1S/C31H27N/c1-2-13-27(14-3-1)31(30-15-8-20-32-30,28-18-16-23-9-4-6-11-25(23)21-28)29-19-17-24-10-5-7-12-26(24)22-29/h1-7,9-14,16-19,21-22,30,32H,8,15,20H2. The van der Waals surface area contributed by atoms with Crippen molar-refractivity contribution in [3.8, 4) is 0 Å². The van der Waals surface area contributed by atoms with Gasteiger partial charge in [0.1, 0.15) is 0 Å². The van der Waals surface area contributed by atoms with Crippen molar-refractivity contribution in [1.82, 2.24) is 5.32 Å². The molecule has 1 saturated heterocycles. The summed E-state index contributed by atoms with van der Waals surface area (Å²) < 4.78 is 0. The summed E-state index contributed by atoms with van der Waals surface area (Å²) >= 11 is 0. The molecule has 6 rings (SSSR count). The summed E-state index contributed by atoms with van der Waals surface area (Å²) in [7, 11) is 0. The van der Waals surface area contributed by atoms with E-state index in [2.05, 4.69) is 121 Å². The maximum atomic E-state index is 3.89. The Morgan fingerprint density at radius 2 is 1.06 bits per heavy atom. The maximum absolute atomic E-state index is 3.89. The van der Waals surface area contributed by atoms with Crippen LogP contribution in [-0.2, 0) is 5.41 Å². The predicted octanol–water partition coefficient (Wildman–Crippen LogP) is 7.08. The molecule has 0 amide bonds. The number of rotatable bonds is 4. The molecular weight excluding hydrogens is 386 g/mol. The fraction of sp³-hybridized carbons (Fsp3) is 0.161. The minimum atomic E-state index is -0.258. The zero-order chi connectivity index (χ0) is 21.4. The molecule has 1 atom stereocenters. The van der Waals surface area contributed by atoms with E-state index in [4.69, 9.17) is 0 Å². The third kappa shape index (κ3) is 3.04. The number of nitrogens with one attached hydrogen (secondary N) is 1. The molecule has 5 aromatic rings. The molecule has 32 heavy (non-hydrogen) atoms. The highest BCUT2D eigenvalue weighted by Crippen LogP contribution is 2.46. The number of benzene rings is 5. The average Bonchev–Trinajstić information content (AvgIpc) is 3.40. The van der Waals surface area contributed by atoms with Crippen LogP contribution in [0.5, 0.6) is 0 Å². The topological polar surface area (TPSA) is 12.0 Å². The largest absolute Gasteiger partial charge is 0.312 e. The van der Waals surface area contributed by atoms with Crippen LogP contribution in [0.25, 0.3) is 21.5 Å². The first kappa shape index (κ1) is 19.3. The van der Waals surface area contributed by atoms with Gasteiger partial charge in [-0.2, -0.15) is 0 Å². The van der Waals surface area contributed by atoms with Crippen molar-refractivity contribution in [2.75, 3.05) is 6.54 Å². The van der Waals surface area contributed by atoms with Gasteiger partial charge >= 0.3 is 0 Å². The Balaban J connectivity index is 1.70. The summed E-state index contributed by atoms with van der Waals surface area (Å²) in [5, 5.41) is 9.06. The van der Waals surface area contributed by atoms with Crippen LogP contribution in [0.1, 0.15) is 29.5 Å². The average molecular weight is 414 g/mol. The number of fused-ring (bicyclic) bond motifs is 2. The zero-order valence-electron chi connectivity index (χ0n) is 18.2. The summed E-state index contributed by atoms with van der Waals surface area (Å²) in [5.41, 5.74) is 3.81. The second kappa shape index (κ2) is 7.93. The summed E-state index contributed by atoms with van der Waals surface area (Å²) in [5.74, 6) is 0. The van der Waals surface area contributed by atoms with E-state index in [1.165, 1.54) is 44.7 Å². The fourth-order valence-corrected chi connectivity index (χ4v) is 5.73.